The van der Waals surface area contributed by atoms with Crippen LogP contribution in [0.5, 0.6) is 0 Å². The smallest absolute Gasteiger partial charge is 0.251 e. The van der Waals surface area contributed by atoms with E-state index >= 15 is 0 Å². The van der Waals surface area contributed by atoms with E-state index in [1.165, 1.54) is 0 Å². The molecule has 0 unspecified atom stereocenters. The van der Waals surface area contributed by atoms with Gasteiger partial charge in [0.1, 0.15) is 12.4 Å². The minimum atomic E-state index is -0.760. The Hall–Kier alpha value is -2.80. The number of hydrogen-bond acceptors (Lipinski definition) is 5. The summed E-state index contributed by atoms with van der Waals surface area (Å²) in [6.07, 6.45) is -0.228. The summed E-state index contributed by atoms with van der Waals surface area (Å²) >= 11 is 0. The number of ether oxygens (including phenoxy) is 1. The lowest BCUT2D eigenvalue weighted by Crippen LogP contribution is -2.53. The van der Waals surface area contributed by atoms with Crippen molar-refractivity contribution in [3.05, 3.63) is 58.7 Å². The molecule has 2 aromatic rings. The molecule has 0 bridgehead atoms. The van der Waals surface area contributed by atoms with Crippen molar-refractivity contribution in [2.24, 2.45) is 0 Å². The standard InChI is InChI=1S/C21H26N4O3/c1-13-7-5-6-8-16(13)19-20(28-12-18(26)25(19)4)21(27)22-10-9-17-23-14(2)11-15(3)24-17/h5-8,11,19-20H,9-10,12H2,1-4H3,(H,22,27)/t19-,20+/m1/s1. The zero-order valence-electron chi connectivity index (χ0n) is 16.7. The predicted octanol–water partition coefficient (Wildman–Crippen LogP) is 1.66. The number of carbonyl (C=O) groups is 2. The van der Waals surface area contributed by atoms with Gasteiger partial charge in [0.05, 0.1) is 6.04 Å². The van der Waals surface area contributed by atoms with Crippen LogP contribution in [0.4, 0.5) is 0 Å². The first kappa shape index (κ1) is 19.9. The zero-order valence-corrected chi connectivity index (χ0v) is 16.7. The molecule has 1 saturated heterocycles. The van der Waals surface area contributed by atoms with Gasteiger partial charge in [-0.2, -0.15) is 0 Å². The molecule has 1 aliphatic heterocycles. The Morgan fingerprint density at radius 1 is 1.21 bits per heavy atom. The van der Waals surface area contributed by atoms with Crippen LogP contribution in [0.1, 0.15) is 34.4 Å². The first-order valence-corrected chi connectivity index (χ1v) is 9.38. The molecule has 2 amide bonds. The Labute approximate surface area is 165 Å². The first-order valence-electron chi connectivity index (χ1n) is 9.38. The van der Waals surface area contributed by atoms with Gasteiger partial charge >= 0.3 is 0 Å². The van der Waals surface area contributed by atoms with Crippen LogP contribution in [-0.4, -0.2) is 53.0 Å². The second-order valence-corrected chi connectivity index (χ2v) is 7.15. The molecule has 0 saturated carbocycles. The summed E-state index contributed by atoms with van der Waals surface area (Å²) in [5, 5.41) is 2.91. The van der Waals surface area contributed by atoms with Gasteiger partial charge in [0.15, 0.2) is 6.10 Å². The van der Waals surface area contributed by atoms with Gasteiger partial charge in [-0.15, -0.1) is 0 Å². The Kier molecular flexibility index (Phi) is 6.04. The van der Waals surface area contributed by atoms with Crippen LogP contribution in [0.25, 0.3) is 0 Å². The molecule has 0 spiro atoms. The van der Waals surface area contributed by atoms with E-state index in [0.717, 1.165) is 22.5 Å². The number of hydrogen-bond donors (Lipinski definition) is 1. The fourth-order valence-electron chi connectivity index (χ4n) is 3.53. The fourth-order valence-corrected chi connectivity index (χ4v) is 3.53. The van der Waals surface area contributed by atoms with Crippen molar-refractivity contribution >= 4 is 11.8 Å². The van der Waals surface area contributed by atoms with E-state index in [1.54, 1.807) is 11.9 Å². The van der Waals surface area contributed by atoms with Gasteiger partial charge in [0, 0.05) is 31.4 Å². The molecule has 1 aliphatic rings. The summed E-state index contributed by atoms with van der Waals surface area (Å²) in [7, 11) is 1.71. The molecular weight excluding hydrogens is 356 g/mol. The molecule has 7 heteroatoms. The molecule has 1 aromatic carbocycles. The highest BCUT2D eigenvalue weighted by Gasteiger charge is 2.40. The fraction of sp³-hybridized carbons (Fsp3) is 0.429. The van der Waals surface area contributed by atoms with Gasteiger partial charge in [-0.1, -0.05) is 24.3 Å². The normalized spacial score (nSPS) is 19.6. The summed E-state index contributed by atoms with van der Waals surface area (Å²) in [6, 6.07) is 9.19. The molecule has 3 rings (SSSR count). The average molecular weight is 382 g/mol. The third-order valence-corrected chi connectivity index (χ3v) is 4.93. The maximum atomic E-state index is 12.9. The number of nitrogens with zero attached hydrogens (tertiary/aromatic N) is 3. The van der Waals surface area contributed by atoms with Gasteiger partial charge in [-0.25, -0.2) is 9.97 Å². The van der Waals surface area contributed by atoms with E-state index in [-0.39, 0.29) is 18.4 Å². The van der Waals surface area contributed by atoms with E-state index in [9.17, 15) is 9.59 Å². The Bertz CT molecular complexity index is 863. The van der Waals surface area contributed by atoms with E-state index < -0.39 is 12.1 Å². The molecule has 1 aromatic heterocycles. The number of nitrogens with one attached hydrogen (secondary N) is 1. The number of morpholine rings is 1. The van der Waals surface area contributed by atoms with Gasteiger partial charge < -0.3 is 15.0 Å². The van der Waals surface area contributed by atoms with E-state index in [0.29, 0.717) is 18.8 Å². The van der Waals surface area contributed by atoms with Gasteiger partial charge in [0.2, 0.25) is 5.91 Å². The predicted molar refractivity (Wildman–Crippen MR) is 105 cm³/mol. The third-order valence-electron chi connectivity index (χ3n) is 4.93. The minimum absolute atomic E-state index is 0.100. The average Bonchev–Trinajstić information content (AvgIpc) is 2.64. The molecule has 0 radical (unpaired) electrons. The number of rotatable bonds is 5. The van der Waals surface area contributed by atoms with Crippen molar-refractivity contribution in [2.45, 2.75) is 39.3 Å². The van der Waals surface area contributed by atoms with Crippen molar-refractivity contribution in [3.8, 4) is 0 Å². The van der Waals surface area contributed by atoms with Gasteiger partial charge in [0.25, 0.3) is 5.91 Å². The number of aromatic nitrogens is 2. The maximum Gasteiger partial charge on any atom is 0.251 e. The lowest BCUT2D eigenvalue weighted by molar-refractivity contribution is -0.162. The lowest BCUT2D eigenvalue weighted by Gasteiger charge is -2.38. The molecule has 1 fully saturated rings. The summed E-state index contributed by atoms with van der Waals surface area (Å²) in [6.45, 7) is 6.12. The highest BCUT2D eigenvalue weighted by Crippen LogP contribution is 2.31. The molecular formula is C21H26N4O3. The second kappa shape index (κ2) is 8.48. The molecule has 1 N–H and O–H groups in total. The molecule has 7 nitrogen and oxygen atoms in total. The number of benzene rings is 1. The zero-order chi connectivity index (χ0) is 20.3. The summed E-state index contributed by atoms with van der Waals surface area (Å²) in [4.78, 5) is 35.4. The molecule has 0 aliphatic carbocycles. The number of aryl methyl sites for hydroxylation is 3. The van der Waals surface area contributed by atoms with Crippen molar-refractivity contribution in [2.75, 3.05) is 20.2 Å². The van der Waals surface area contributed by atoms with Crippen LogP contribution >= 0.6 is 0 Å². The van der Waals surface area contributed by atoms with Crippen molar-refractivity contribution in [1.82, 2.24) is 20.2 Å². The van der Waals surface area contributed by atoms with E-state index in [1.807, 2.05) is 51.1 Å². The summed E-state index contributed by atoms with van der Waals surface area (Å²) in [5.74, 6) is 0.322. The van der Waals surface area contributed by atoms with Crippen LogP contribution in [0.15, 0.2) is 30.3 Å². The van der Waals surface area contributed by atoms with E-state index in [2.05, 4.69) is 15.3 Å². The van der Waals surface area contributed by atoms with Crippen molar-refractivity contribution in [1.29, 1.82) is 0 Å². The van der Waals surface area contributed by atoms with Gasteiger partial charge in [-0.3, -0.25) is 9.59 Å². The summed E-state index contributed by atoms with van der Waals surface area (Å²) in [5.41, 5.74) is 3.74. The Balaban J connectivity index is 1.71. The van der Waals surface area contributed by atoms with Crippen molar-refractivity contribution < 1.29 is 14.3 Å². The largest absolute Gasteiger partial charge is 0.356 e. The first-order chi connectivity index (χ1) is 13.4. The van der Waals surface area contributed by atoms with Crippen LogP contribution in [-0.2, 0) is 20.7 Å². The van der Waals surface area contributed by atoms with Crippen LogP contribution in [0.2, 0.25) is 0 Å². The SMILES string of the molecule is Cc1cc(C)nc(CCNC(=O)[C@H]2OCC(=O)N(C)[C@@H]2c2ccccc2C)n1. The quantitative estimate of drug-likeness (QED) is 0.850. The van der Waals surface area contributed by atoms with Gasteiger partial charge in [-0.05, 0) is 38.0 Å². The maximum absolute atomic E-state index is 12.9. The van der Waals surface area contributed by atoms with E-state index in [4.69, 9.17) is 4.74 Å². The third kappa shape index (κ3) is 4.36. The van der Waals surface area contributed by atoms with Crippen molar-refractivity contribution in [3.63, 3.8) is 0 Å². The molecule has 2 heterocycles. The Morgan fingerprint density at radius 3 is 2.57 bits per heavy atom. The minimum Gasteiger partial charge on any atom is -0.356 e. The monoisotopic (exact) mass is 382 g/mol. The molecule has 28 heavy (non-hydrogen) atoms. The Morgan fingerprint density at radius 2 is 1.89 bits per heavy atom. The van der Waals surface area contributed by atoms with Crippen LogP contribution < -0.4 is 5.32 Å². The molecule has 148 valence electrons. The summed E-state index contributed by atoms with van der Waals surface area (Å²) < 4.78 is 5.65. The topological polar surface area (TPSA) is 84.4 Å². The van der Waals surface area contributed by atoms with Crippen LogP contribution in [0.3, 0.4) is 0 Å². The molecule has 2 atom stereocenters. The highest BCUT2D eigenvalue weighted by molar-refractivity contribution is 5.86. The number of likely N-dealkylation sites (N-methyl/N-ethyl adjacent to an activating group) is 1. The lowest BCUT2D eigenvalue weighted by atomic mass is 9.94. The highest BCUT2D eigenvalue weighted by atomic mass is 16.5. The second-order valence-electron chi connectivity index (χ2n) is 7.15. The van der Waals surface area contributed by atoms with Crippen LogP contribution in [0, 0.1) is 20.8 Å². The number of carbonyl (C=O) groups excluding carboxylic acids is 2. The number of amides is 2.